The molecule has 0 bridgehead atoms. The molecule has 1 heterocycles. The van der Waals surface area contributed by atoms with Gasteiger partial charge in [-0.05, 0) is 79.7 Å². The molecule has 3 nitrogen and oxygen atoms in total. The number of aromatic nitrogens is 1. The van der Waals surface area contributed by atoms with E-state index in [1.165, 1.54) is 16.7 Å². The minimum atomic E-state index is -0.782. The highest BCUT2D eigenvalue weighted by atomic mass is 16.3. The van der Waals surface area contributed by atoms with E-state index in [0.717, 1.165) is 61.4 Å². The molecular weight excluding hydrogens is 382 g/mol. The highest BCUT2D eigenvalue weighted by Gasteiger charge is 2.55. The van der Waals surface area contributed by atoms with Crippen molar-refractivity contribution in [3.63, 3.8) is 0 Å². The summed E-state index contributed by atoms with van der Waals surface area (Å²) < 4.78 is 0. The zero-order valence-electron chi connectivity index (χ0n) is 18.2. The second kappa shape index (κ2) is 6.88. The van der Waals surface area contributed by atoms with Gasteiger partial charge in [-0.2, -0.15) is 0 Å². The van der Waals surface area contributed by atoms with Gasteiger partial charge in [-0.25, -0.2) is 0 Å². The fourth-order valence-corrected chi connectivity index (χ4v) is 7.00. The molecule has 2 aromatic rings. The lowest BCUT2D eigenvalue weighted by atomic mass is 9.58. The minimum Gasteiger partial charge on any atom is -0.393 e. The van der Waals surface area contributed by atoms with Gasteiger partial charge in [-0.3, -0.25) is 4.98 Å². The van der Waals surface area contributed by atoms with Crippen molar-refractivity contribution < 1.29 is 10.2 Å². The summed E-state index contributed by atoms with van der Waals surface area (Å²) in [5, 5.41) is 23.5. The summed E-state index contributed by atoms with van der Waals surface area (Å²) in [7, 11) is 0. The predicted molar refractivity (Wildman–Crippen MR) is 124 cm³/mol. The first-order valence-electron chi connectivity index (χ1n) is 11.8. The Morgan fingerprint density at radius 3 is 2.90 bits per heavy atom. The van der Waals surface area contributed by atoms with Gasteiger partial charge in [-0.15, -0.1) is 0 Å². The van der Waals surface area contributed by atoms with Crippen LogP contribution in [0.2, 0.25) is 0 Å². The van der Waals surface area contributed by atoms with Gasteiger partial charge in [0, 0.05) is 22.9 Å². The second-order valence-corrected chi connectivity index (χ2v) is 10.4. The lowest BCUT2D eigenvalue weighted by Crippen LogP contribution is -2.48. The maximum Gasteiger partial charge on any atom is 0.0933 e. The monoisotopic (exact) mass is 413 g/mol. The van der Waals surface area contributed by atoms with Crippen molar-refractivity contribution in [2.24, 2.45) is 17.3 Å². The van der Waals surface area contributed by atoms with E-state index in [1.807, 2.05) is 12.3 Å². The normalized spacial score (nSPS) is 37.1. The summed E-state index contributed by atoms with van der Waals surface area (Å²) in [4.78, 5) is 4.56. The number of benzene rings is 1. The third-order valence-corrected chi connectivity index (χ3v) is 8.74. The molecule has 1 aromatic carbocycles. The lowest BCUT2D eigenvalue weighted by molar-refractivity contribution is -0.0330. The molecule has 160 valence electrons. The van der Waals surface area contributed by atoms with Gasteiger partial charge in [0.25, 0.3) is 0 Å². The predicted octanol–water partition coefficient (Wildman–Crippen LogP) is 5.59. The fraction of sp³-hybridized carbons (Fsp3) is 0.464. The fourth-order valence-electron chi connectivity index (χ4n) is 7.00. The van der Waals surface area contributed by atoms with E-state index in [9.17, 15) is 10.2 Å². The standard InChI is InChI=1S/C28H31NO2/c1-27-12-11-22-15-21-16-23(30)7-6-18(21)10-13-28(22,31)26(27)9-8-24(27)20-5-4-19-3-2-14-29-25(19)17-20/h2-5,8,11,14-15,17-18,23,26,30-31H,6-7,9-10,12-13,16H2,1H3/t18?,23?,26?,27?,28-/m1/s1. The zero-order chi connectivity index (χ0) is 21.2. The van der Waals surface area contributed by atoms with Gasteiger partial charge < -0.3 is 10.2 Å². The van der Waals surface area contributed by atoms with Gasteiger partial charge in [0.2, 0.25) is 0 Å². The maximum absolute atomic E-state index is 12.1. The summed E-state index contributed by atoms with van der Waals surface area (Å²) >= 11 is 0. The molecule has 3 heteroatoms. The number of aliphatic hydroxyl groups excluding tert-OH is 1. The Labute approximate surface area is 184 Å². The number of pyridine rings is 1. The molecule has 0 spiro atoms. The van der Waals surface area contributed by atoms with Crippen LogP contribution in [0.3, 0.4) is 0 Å². The van der Waals surface area contributed by atoms with Crippen LogP contribution in [0.25, 0.3) is 16.5 Å². The number of aliphatic hydroxyl groups is 2. The summed E-state index contributed by atoms with van der Waals surface area (Å²) in [5.74, 6) is 0.710. The Morgan fingerprint density at radius 1 is 1.10 bits per heavy atom. The van der Waals surface area contributed by atoms with Gasteiger partial charge in [0.1, 0.15) is 0 Å². The topological polar surface area (TPSA) is 53.4 Å². The quantitative estimate of drug-likeness (QED) is 0.641. The van der Waals surface area contributed by atoms with E-state index >= 15 is 0 Å². The van der Waals surface area contributed by atoms with Crippen LogP contribution in [-0.4, -0.2) is 26.9 Å². The molecule has 0 saturated heterocycles. The van der Waals surface area contributed by atoms with Crippen molar-refractivity contribution in [3.8, 4) is 0 Å². The molecule has 0 aliphatic heterocycles. The first-order valence-corrected chi connectivity index (χ1v) is 11.8. The SMILES string of the molecule is CC12CC=C3C=C4CC(O)CCC4CC[C@]3(O)C1CC=C2c1ccc2cccnc2c1. The lowest BCUT2D eigenvalue weighted by Gasteiger charge is -2.48. The van der Waals surface area contributed by atoms with Gasteiger partial charge in [-0.1, -0.05) is 48.9 Å². The highest BCUT2D eigenvalue weighted by molar-refractivity contribution is 5.85. The molecule has 1 fully saturated rings. The first-order chi connectivity index (χ1) is 15.0. The van der Waals surface area contributed by atoms with Crippen molar-refractivity contribution >= 4 is 16.5 Å². The van der Waals surface area contributed by atoms with Crippen LogP contribution in [-0.2, 0) is 0 Å². The number of nitrogens with zero attached hydrogens (tertiary/aromatic N) is 1. The molecule has 0 radical (unpaired) electrons. The minimum absolute atomic E-state index is 0.0752. The van der Waals surface area contributed by atoms with E-state index in [1.54, 1.807) is 0 Å². The van der Waals surface area contributed by atoms with Gasteiger partial charge in [0.15, 0.2) is 0 Å². The van der Waals surface area contributed by atoms with Crippen LogP contribution in [0, 0.1) is 17.3 Å². The Bertz CT molecular complexity index is 1140. The average molecular weight is 414 g/mol. The van der Waals surface area contributed by atoms with Crippen molar-refractivity contribution in [2.45, 2.75) is 63.6 Å². The molecule has 5 atom stereocenters. The average Bonchev–Trinajstić information content (AvgIpc) is 3.06. The molecule has 1 aromatic heterocycles. The van der Waals surface area contributed by atoms with Crippen LogP contribution >= 0.6 is 0 Å². The molecule has 0 amide bonds. The van der Waals surface area contributed by atoms with Crippen LogP contribution in [0.15, 0.2) is 65.9 Å². The summed E-state index contributed by atoms with van der Waals surface area (Å²) in [6, 6.07) is 10.7. The largest absolute Gasteiger partial charge is 0.393 e. The van der Waals surface area contributed by atoms with Crippen LogP contribution < -0.4 is 0 Å². The number of fused-ring (bicyclic) bond motifs is 5. The Hall–Kier alpha value is -2.23. The second-order valence-electron chi connectivity index (χ2n) is 10.4. The number of hydrogen-bond donors (Lipinski definition) is 2. The molecule has 31 heavy (non-hydrogen) atoms. The summed E-state index contributed by atoms with van der Waals surface area (Å²) in [5.41, 5.74) is 5.23. The number of hydrogen-bond acceptors (Lipinski definition) is 3. The highest BCUT2D eigenvalue weighted by Crippen LogP contribution is 2.61. The Balaban J connectivity index is 1.38. The van der Waals surface area contributed by atoms with E-state index in [0.29, 0.717) is 5.92 Å². The molecule has 4 unspecified atom stereocenters. The van der Waals surface area contributed by atoms with E-state index in [2.05, 4.69) is 54.4 Å². The van der Waals surface area contributed by atoms with Crippen LogP contribution in [0.5, 0.6) is 0 Å². The van der Waals surface area contributed by atoms with E-state index < -0.39 is 5.60 Å². The zero-order valence-corrected chi connectivity index (χ0v) is 18.2. The third kappa shape index (κ3) is 2.90. The molecular formula is C28H31NO2. The maximum atomic E-state index is 12.1. The Morgan fingerprint density at radius 2 is 2.00 bits per heavy atom. The smallest absolute Gasteiger partial charge is 0.0933 e. The van der Waals surface area contributed by atoms with Crippen LogP contribution in [0.1, 0.15) is 57.4 Å². The van der Waals surface area contributed by atoms with Crippen molar-refractivity contribution in [1.29, 1.82) is 0 Å². The van der Waals surface area contributed by atoms with Crippen molar-refractivity contribution in [2.75, 3.05) is 0 Å². The Kier molecular flexibility index (Phi) is 4.32. The molecule has 4 aliphatic carbocycles. The van der Waals surface area contributed by atoms with Gasteiger partial charge >= 0.3 is 0 Å². The number of allylic oxidation sites excluding steroid dienone is 3. The molecule has 4 aliphatic rings. The van der Waals surface area contributed by atoms with Gasteiger partial charge in [0.05, 0.1) is 17.2 Å². The summed E-state index contributed by atoms with van der Waals surface area (Å²) in [6.45, 7) is 2.35. The number of rotatable bonds is 1. The molecule has 6 rings (SSSR count). The van der Waals surface area contributed by atoms with Crippen molar-refractivity contribution in [1.82, 2.24) is 4.98 Å². The van der Waals surface area contributed by atoms with E-state index in [-0.39, 0.29) is 17.4 Å². The van der Waals surface area contributed by atoms with E-state index in [4.69, 9.17) is 0 Å². The molecule has 1 saturated carbocycles. The first kappa shape index (κ1) is 19.5. The van der Waals surface area contributed by atoms with Crippen molar-refractivity contribution in [3.05, 3.63) is 71.5 Å². The third-order valence-electron chi connectivity index (χ3n) is 8.74. The summed E-state index contributed by atoms with van der Waals surface area (Å²) in [6.07, 6.45) is 15.0. The molecule has 2 N–H and O–H groups in total. The van der Waals surface area contributed by atoms with Crippen LogP contribution in [0.4, 0.5) is 0 Å².